The second-order valence-corrected chi connectivity index (χ2v) is 6.18. The minimum absolute atomic E-state index is 0.0583. The molecule has 118 valence electrons. The molecule has 1 aliphatic rings. The Morgan fingerprint density at radius 2 is 2.14 bits per heavy atom. The fourth-order valence-electron chi connectivity index (χ4n) is 3.46. The van der Waals surface area contributed by atoms with Crippen molar-refractivity contribution in [2.24, 2.45) is 0 Å². The molecule has 0 bridgehead atoms. The van der Waals surface area contributed by atoms with Gasteiger partial charge in [0.05, 0.1) is 24.8 Å². The normalized spacial score (nSPS) is 18.4. The van der Waals surface area contributed by atoms with Gasteiger partial charge in [-0.3, -0.25) is 4.98 Å². The fraction of sp³-hybridized carbons (Fsp3) is 0.500. The Hall–Kier alpha value is -1.65. The Morgan fingerprint density at radius 3 is 2.86 bits per heavy atom. The van der Waals surface area contributed by atoms with Gasteiger partial charge in [-0.25, -0.2) is 0 Å². The first-order chi connectivity index (χ1) is 10.6. The number of anilines is 1. The molecule has 1 aromatic heterocycles. The van der Waals surface area contributed by atoms with E-state index in [2.05, 4.69) is 22.0 Å². The number of hydrogen-bond donors (Lipinski definition) is 1. The number of aromatic nitrogens is 1. The van der Waals surface area contributed by atoms with Crippen LogP contribution >= 0.6 is 0 Å². The Labute approximate surface area is 131 Å². The molecule has 0 amide bonds. The van der Waals surface area contributed by atoms with Crippen LogP contribution in [0.2, 0.25) is 0 Å². The molecule has 1 aromatic carbocycles. The third-order valence-electron chi connectivity index (χ3n) is 4.59. The van der Waals surface area contributed by atoms with E-state index in [1.54, 1.807) is 7.11 Å². The number of fused-ring (bicyclic) bond motifs is 1. The number of benzene rings is 1. The minimum Gasteiger partial charge on any atom is -0.392 e. The lowest BCUT2D eigenvalue weighted by atomic mass is 10.0. The van der Waals surface area contributed by atoms with Gasteiger partial charge in [-0.1, -0.05) is 0 Å². The lowest BCUT2D eigenvalue weighted by Crippen LogP contribution is -2.33. The number of aryl methyl sites for hydroxylation is 2. The first-order valence-corrected chi connectivity index (χ1v) is 7.91. The SMILES string of the molecule is COC[C@@H]1CCCN1c1cc(C)nc2cc(CO)c(C)cc12. The number of aliphatic hydroxyl groups is 1. The van der Waals surface area contributed by atoms with Gasteiger partial charge in [0.2, 0.25) is 0 Å². The minimum atomic E-state index is 0.0583. The summed E-state index contributed by atoms with van der Waals surface area (Å²) in [6.45, 7) is 5.96. The van der Waals surface area contributed by atoms with E-state index in [-0.39, 0.29) is 6.61 Å². The summed E-state index contributed by atoms with van der Waals surface area (Å²) >= 11 is 0. The molecule has 1 atom stereocenters. The molecule has 0 aliphatic carbocycles. The quantitative estimate of drug-likeness (QED) is 0.943. The topological polar surface area (TPSA) is 45.6 Å². The lowest BCUT2D eigenvalue weighted by molar-refractivity contribution is 0.181. The number of aliphatic hydroxyl groups excluding tert-OH is 1. The summed E-state index contributed by atoms with van der Waals surface area (Å²) < 4.78 is 5.39. The van der Waals surface area contributed by atoms with Crippen molar-refractivity contribution < 1.29 is 9.84 Å². The van der Waals surface area contributed by atoms with Gasteiger partial charge in [-0.15, -0.1) is 0 Å². The first kappa shape index (κ1) is 15.3. The highest BCUT2D eigenvalue weighted by Crippen LogP contribution is 2.33. The lowest BCUT2D eigenvalue weighted by Gasteiger charge is -2.28. The fourth-order valence-corrected chi connectivity index (χ4v) is 3.46. The van der Waals surface area contributed by atoms with Crippen LogP contribution in [0.5, 0.6) is 0 Å². The van der Waals surface area contributed by atoms with Crippen LogP contribution in [0.4, 0.5) is 5.69 Å². The molecule has 3 rings (SSSR count). The van der Waals surface area contributed by atoms with Crippen molar-refractivity contribution in [1.82, 2.24) is 4.98 Å². The van der Waals surface area contributed by atoms with Gasteiger partial charge < -0.3 is 14.7 Å². The zero-order valence-electron chi connectivity index (χ0n) is 13.6. The monoisotopic (exact) mass is 300 g/mol. The third kappa shape index (κ3) is 2.69. The van der Waals surface area contributed by atoms with Gasteiger partial charge in [-0.2, -0.15) is 0 Å². The molecule has 1 fully saturated rings. The highest BCUT2D eigenvalue weighted by Gasteiger charge is 2.26. The van der Waals surface area contributed by atoms with Crippen LogP contribution in [0.25, 0.3) is 10.9 Å². The van der Waals surface area contributed by atoms with Gasteiger partial charge in [0, 0.05) is 30.4 Å². The maximum atomic E-state index is 9.49. The van der Waals surface area contributed by atoms with Crippen LogP contribution in [0.3, 0.4) is 0 Å². The van der Waals surface area contributed by atoms with Crippen molar-refractivity contribution in [2.45, 2.75) is 39.3 Å². The number of rotatable bonds is 4. The molecular formula is C18H24N2O2. The predicted octanol–water partition coefficient (Wildman–Crippen LogP) is 2.96. The first-order valence-electron chi connectivity index (χ1n) is 7.91. The smallest absolute Gasteiger partial charge is 0.0729 e. The Balaban J connectivity index is 2.14. The average molecular weight is 300 g/mol. The summed E-state index contributed by atoms with van der Waals surface area (Å²) in [5.74, 6) is 0. The van der Waals surface area contributed by atoms with E-state index >= 15 is 0 Å². The Morgan fingerprint density at radius 1 is 1.32 bits per heavy atom. The van der Waals surface area contributed by atoms with E-state index in [1.165, 1.54) is 23.9 Å². The number of nitrogens with zero attached hydrogens (tertiary/aromatic N) is 2. The highest BCUT2D eigenvalue weighted by molar-refractivity contribution is 5.93. The molecule has 0 unspecified atom stereocenters. The number of ether oxygens (including phenoxy) is 1. The summed E-state index contributed by atoms with van der Waals surface area (Å²) in [4.78, 5) is 7.12. The maximum absolute atomic E-state index is 9.49. The average Bonchev–Trinajstić information content (AvgIpc) is 2.95. The van der Waals surface area contributed by atoms with E-state index < -0.39 is 0 Å². The van der Waals surface area contributed by atoms with E-state index in [1.807, 2.05) is 19.9 Å². The van der Waals surface area contributed by atoms with Crippen molar-refractivity contribution in [2.75, 3.05) is 25.2 Å². The molecular weight excluding hydrogens is 276 g/mol. The van der Waals surface area contributed by atoms with Gasteiger partial charge in [0.25, 0.3) is 0 Å². The predicted molar refractivity (Wildman–Crippen MR) is 89.4 cm³/mol. The van der Waals surface area contributed by atoms with E-state index in [4.69, 9.17) is 4.74 Å². The molecule has 0 spiro atoms. The standard InChI is InChI=1S/C18H24N2O2/c1-12-7-16-17(9-14(12)10-21)19-13(2)8-18(16)20-6-4-5-15(20)11-22-3/h7-9,15,21H,4-6,10-11H2,1-3H3/t15-/m0/s1. The van der Waals surface area contributed by atoms with Crippen molar-refractivity contribution in [3.05, 3.63) is 35.0 Å². The van der Waals surface area contributed by atoms with Crippen molar-refractivity contribution >= 4 is 16.6 Å². The summed E-state index contributed by atoms with van der Waals surface area (Å²) in [6.07, 6.45) is 2.37. The van der Waals surface area contributed by atoms with Crippen LogP contribution in [-0.2, 0) is 11.3 Å². The van der Waals surface area contributed by atoms with Gasteiger partial charge >= 0.3 is 0 Å². The van der Waals surface area contributed by atoms with Gasteiger partial charge in [-0.05, 0) is 56.0 Å². The number of methoxy groups -OCH3 is 1. The van der Waals surface area contributed by atoms with Crippen LogP contribution in [0.15, 0.2) is 18.2 Å². The van der Waals surface area contributed by atoms with Gasteiger partial charge in [0.1, 0.15) is 0 Å². The molecule has 1 saturated heterocycles. The Kier molecular flexibility index (Phi) is 4.32. The second-order valence-electron chi connectivity index (χ2n) is 6.18. The Bertz CT molecular complexity index is 684. The zero-order valence-corrected chi connectivity index (χ0v) is 13.6. The van der Waals surface area contributed by atoms with Crippen LogP contribution < -0.4 is 4.90 Å². The molecule has 4 nitrogen and oxygen atoms in total. The molecule has 1 aliphatic heterocycles. The number of pyridine rings is 1. The van der Waals surface area contributed by atoms with E-state index in [0.29, 0.717) is 6.04 Å². The highest BCUT2D eigenvalue weighted by atomic mass is 16.5. The van der Waals surface area contributed by atoms with Crippen LogP contribution in [0.1, 0.15) is 29.7 Å². The van der Waals surface area contributed by atoms with Gasteiger partial charge in [0.15, 0.2) is 0 Å². The molecule has 22 heavy (non-hydrogen) atoms. The van der Waals surface area contributed by atoms with Crippen LogP contribution in [-0.4, -0.2) is 36.4 Å². The number of hydrogen-bond acceptors (Lipinski definition) is 4. The second kappa shape index (κ2) is 6.23. The summed E-state index contributed by atoms with van der Waals surface area (Å²) in [5.41, 5.74) is 5.29. The molecule has 1 N–H and O–H groups in total. The van der Waals surface area contributed by atoms with E-state index in [9.17, 15) is 5.11 Å². The van der Waals surface area contributed by atoms with Crippen molar-refractivity contribution in [3.63, 3.8) is 0 Å². The summed E-state index contributed by atoms with van der Waals surface area (Å²) in [6, 6.07) is 6.79. The zero-order chi connectivity index (χ0) is 15.7. The summed E-state index contributed by atoms with van der Waals surface area (Å²) in [5, 5.41) is 10.7. The molecule has 4 heteroatoms. The third-order valence-corrected chi connectivity index (χ3v) is 4.59. The van der Waals surface area contributed by atoms with Crippen LogP contribution in [0, 0.1) is 13.8 Å². The van der Waals surface area contributed by atoms with Crippen molar-refractivity contribution in [1.29, 1.82) is 0 Å². The van der Waals surface area contributed by atoms with E-state index in [0.717, 1.165) is 35.5 Å². The summed E-state index contributed by atoms with van der Waals surface area (Å²) in [7, 11) is 1.77. The molecule has 2 aromatic rings. The largest absolute Gasteiger partial charge is 0.392 e. The molecule has 0 radical (unpaired) electrons. The van der Waals surface area contributed by atoms with Crippen molar-refractivity contribution in [3.8, 4) is 0 Å². The molecule has 0 saturated carbocycles. The molecule has 2 heterocycles. The maximum Gasteiger partial charge on any atom is 0.0729 e.